The van der Waals surface area contributed by atoms with Crippen molar-refractivity contribution in [3.05, 3.63) is 24.8 Å². The van der Waals surface area contributed by atoms with Gasteiger partial charge in [-0.05, 0) is 33.1 Å². The summed E-state index contributed by atoms with van der Waals surface area (Å²) in [6.45, 7) is 11.4. The lowest BCUT2D eigenvalue weighted by atomic mass is 9.81. The first-order valence-corrected chi connectivity index (χ1v) is 6.07. The minimum Gasteiger partial charge on any atom is -0.350 e. The molecule has 1 rings (SSSR count). The molecule has 0 unspecified atom stereocenters. The van der Waals surface area contributed by atoms with Crippen LogP contribution in [-0.4, -0.2) is 19.0 Å². The van der Waals surface area contributed by atoms with Gasteiger partial charge in [0.1, 0.15) is 0 Å². The van der Waals surface area contributed by atoms with Crippen molar-refractivity contribution in [1.82, 2.24) is 0 Å². The summed E-state index contributed by atoms with van der Waals surface area (Å²) in [6, 6.07) is 0. The van der Waals surface area contributed by atoms with E-state index in [1.54, 1.807) is 0 Å². The fraction of sp³-hybridized carbons (Fsp3) is 0.714. The van der Waals surface area contributed by atoms with Gasteiger partial charge in [0.15, 0.2) is 5.79 Å². The minimum atomic E-state index is -0.431. The van der Waals surface area contributed by atoms with E-state index < -0.39 is 5.79 Å². The van der Waals surface area contributed by atoms with Crippen LogP contribution in [0.1, 0.15) is 40.0 Å². The van der Waals surface area contributed by atoms with E-state index in [1.807, 2.05) is 19.9 Å². The maximum atomic E-state index is 5.76. The Kier molecular flexibility index (Phi) is 4.75. The molecule has 1 aliphatic rings. The quantitative estimate of drug-likeness (QED) is 0.663. The Hall–Kier alpha value is -0.600. The largest absolute Gasteiger partial charge is 0.350 e. The summed E-state index contributed by atoms with van der Waals surface area (Å²) in [4.78, 5) is 0. The molecular weight excluding hydrogens is 200 g/mol. The third kappa shape index (κ3) is 3.76. The molecule has 0 spiro atoms. The summed E-state index contributed by atoms with van der Waals surface area (Å²) in [5, 5.41) is 0. The van der Waals surface area contributed by atoms with Crippen LogP contribution >= 0.6 is 0 Å². The number of ether oxygens (including phenoxy) is 2. The van der Waals surface area contributed by atoms with E-state index in [0.717, 1.165) is 32.5 Å². The van der Waals surface area contributed by atoms with Crippen molar-refractivity contribution in [2.45, 2.75) is 45.8 Å². The Balaban J connectivity index is 2.60. The first kappa shape index (κ1) is 13.5. The molecule has 1 heterocycles. The summed E-state index contributed by atoms with van der Waals surface area (Å²) >= 11 is 0. The molecule has 0 N–H and O–H groups in total. The zero-order valence-corrected chi connectivity index (χ0v) is 10.8. The van der Waals surface area contributed by atoms with Crippen molar-refractivity contribution >= 4 is 0 Å². The molecule has 16 heavy (non-hydrogen) atoms. The second-order valence-electron chi connectivity index (χ2n) is 5.05. The molecular formula is C14H24O2. The van der Waals surface area contributed by atoms with Gasteiger partial charge >= 0.3 is 0 Å². The van der Waals surface area contributed by atoms with Gasteiger partial charge in [0, 0.05) is 5.41 Å². The van der Waals surface area contributed by atoms with Gasteiger partial charge in [0.25, 0.3) is 0 Å². The summed E-state index contributed by atoms with van der Waals surface area (Å²) in [7, 11) is 0. The highest BCUT2D eigenvalue weighted by atomic mass is 16.7. The third-order valence-electron chi connectivity index (χ3n) is 2.98. The van der Waals surface area contributed by atoms with Crippen molar-refractivity contribution in [2.75, 3.05) is 13.2 Å². The highest BCUT2D eigenvalue weighted by molar-refractivity contribution is 4.96. The molecule has 0 radical (unpaired) electrons. The van der Waals surface area contributed by atoms with Crippen molar-refractivity contribution in [3.63, 3.8) is 0 Å². The van der Waals surface area contributed by atoms with Crippen LogP contribution in [0.15, 0.2) is 24.8 Å². The lowest BCUT2D eigenvalue weighted by molar-refractivity contribution is -0.284. The molecule has 1 saturated heterocycles. The molecule has 1 fully saturated rings. The third-order valence-corrected chi connectivity index (χ3v) is 2.98. The Morgan fingerprint density at radius 1 is 1.12 bits per heavy atom. The number of allylic oxidation sites excluding steroid dienone is 3. The van der Waals surface area contributed by atoms with E-state index in [-0.39, 0.29) is 5.41 Å². The van der Waals surface area contributed by atoms with Gasteiger partial charge in [-0.2, -0.15) is 0 Å². The molecule has 2 heteroatoms. The van der Waals surface area contributed by atoms with E-state index in [2.05, 4.69) is 25.7 Å². The average molecular weight is 224 g/mol. The van der Waals surface area contributed by atoms with E-state index in [0.29, 0.717) is 0 Å². The van der Waals surface area contributed by atoms with Crippen LogP contribution < -0.4 is 0 Å². The molecule has 0 aromatic rings. The van der Waals surface area contributed by atoms with Crippen molar-refractivity contribution in [1.29, 1.82) is 0 Å². The molecule has 1 aliphatic heterocycles. The Morgan fingerprint density at radius 2 is 1.75 bits per heavy atom. The monoisotopic (exact) mass is 224 g/mol. The molecule has 0 aliphatic carbocycles. The van der Waals surface area contributed by atoms with Crippen molar-refractivity contribution < 1.29 is 9.47 Å². The van der Waals surface area contributed by atoms with E-state index >= 15 is 0 Å². The first-order valence-electron chi connectivity index (χ1n) is 6.07. The van der Waals surface area contributed by atoms with Crippen molar-refractivity contribution in [2.24, 2.45) is 5.41 Å². The Morgan fingerprint density at radius 3 is 2.25 bits per heavy atom. The maximum Gasteiger partial charge on any atom is 0.162 e. The van der Waals surface area contributed by atoms with Crippen LogP contribution in [0, 0.1) is 5.41 Å². The summed E-state index contributed by atoms with van der Waals surface area (Å²) in [5.41, 5.74) is 0.0862. The average Bonchev–Trinajstić information content (AvgIpc) is 2.24. The number of hydrogen-bond donors (Lipinski definition) is 0. The van der Waals surface area contributed by atoms with Crippen LogP contribution in [0.4, 0.5) is 0 Å². The normalized spacial score (nSPS) is 23.4. The van der Waals surface area contributed by atoms with Gasteiger partial charge in [0.05, 0.1) is 13.2 Å². The Bertz CT molecular complexity index is 243. The van der Waals surface area contributed by atoms with Crippen LogP contribution in [0.2, 0.25) is 0 Å². The van der Waals surface area contributed by atoms with E-state index in [4.69, 9.17) is 9.47 Å². The van der Waals surface area contributed by atoms with E-state index in [1.165, 1.54) is 0 Å². The molecule has 0 aromatic heterocycles. The van der Waals surface area contributed by atoms with Gasteiger partial charge in [-0.1, -0.05) is 25.2 Å². The van der Waals surface area contributed by atoms with Crippen LogP contribution in [0.3, 0.4) is 0 Å². The molecule has 0 amide bonds. The first-order chi connectivity index (χ1) is 7.54. The summed E-state index contributed by atoms with van der Waals surface area (Å²) in [6.07, 6.45) is 9.42. The van der Waals surface area contributed by atoms with E-state index in [9.17, 15) is 0 Å². The van der Waals surface area contributed by atoms with Crippen molar-refractivity contribution in [3.8, 4) is 0 Å². The highest BCUT2D eigenvalue weighted by Gasteiger charge is 2.38. The second kappa shape index (κ2) is 5.65. The fourth-order valence-electron chi connectivity index (χ4n) is 1.86. The zero-order valence-electron chi connectivity index (χ0n) is 10.8. The predicted octanol–water partition coefficient (Wildman–Crippen LogP) is 3.69. The van der Waals surface area contributed by atoms with Gasteiger partial charge < -0.3 is 9.47 Å². The lowest BCUT2D eigenvalue weighted by Crippen LogP contribution is -2.46. The topological polar surface area (TPSA) is 18.5 Å². The summed E-state index contributed by atoms with van der Waals surface area (Å²) < 4.78 is 11.5. The molecule has 0 aromatic carbocycles. The second-order valence-corrected chi connectivity index (χ2v) is 5.05. The highest BCUT2D eigenvalue weighted by Crippen LogP contribution is 2.36. The number of rotatable bonds is 5. The van der Waals surface area contributed by atoms with Gasteiger partial charge in [-0.15, -0.1) is 6.58 Å². The molecule has 92 valence electrons. The minimum absolute atomic E-state index is 0.0862. The smallest absolute Gasteiger partial charge is 0.162 e. The number of hydrogen-bond acceptors (Lipinski definition) is 2. The molecule has 0 atom stereocenters. The summed E-state index contributed by atoms with van der Waals surface area (Å²) in [5.74, 6) is -0.431. The van der Waals surface area contributed by atoms with Crippen LogP contribution in [0.25, 0.3) is 0 Å². The van der Waals surface area contributed by atoms with Gasteiger partial charge in [-0.25, -0.2) is 0 Å². The molecule has 0 saturated carbocycles. The Labute approximate surface area is 99.3 Å². The predicted molar refractivity (Wildman–Crippen MR) is 67.3 cm³/mol. The van der Waals surface area contributed by atoms with Crippen LogP contribution in [-0.2, 0) is 9.47 Å². The zero-order chi connectivity index (χ0) is 12.1. The standard InChI is InChI=1S/C14H24O2/c1-5-7-8-10-14(9-6-2)11-15-13(3,4)16-12-14/h6-8H,2,5,9-12H2,1,3-4H3. The SMILES string of the molecule is C=CCC1(CC=CCC)COC(C)(C)OC1. The van der Waals surface area contributed by atoms with Crippen LogP contribution in [0.5, 0.6) is 0 Å². The lowest BCUT2D eigenvalue weighted by Gasteiger charge is -2.42. The fourth-order valence-corrected chi connectivity index (χ4v) is 1.86. The molecule has 0 bridgehead atoms. The van der Waals surface area contributed by atoms with Gasteiger partial charge in [0.2, 0.25) is 0 Å². The molecule has 2 nitrogen and oxygen atoms in total. The maximum absolute atomic E-state index is 5.76. The van der Waals surface area contributed by atoms with Gasteiger partial charge in [-0.3, -0.25) is 0 Å².